The fraction of sp³-hybridized carbons (Fsp3) is 0.714. The quantitative estimate of drug-likeness (QED) is 0.247. The zero-order valence-electron chi connectivity index (χ0n) is 7.61. The molecule has 4 unspecified atom stereocenters. The Morgan fingerprint density at radius 2 is 2.07 bits per heavy atom. The van der Waals surface area contributed by atoms with Gasteiger partial charge in [0.05, 0.1) is 12.8 Å². The van der Waals surface area contributed by atoms with Crippen LogP contribution in [0.2, 0.25) is 0 Å². The van der Waals surface area contributed by atoms with Crippen molar-refractivity contribution in [2.75, 3.05) is 7.11 Å². The van der Waals surface area contributed by atoms with Crippen LogP contribution in [0.4, 0.5) is 0 Å². The van der Waals surface area contributed by atoms with Gasteiger partial charge in [-0.15, -0.1) is 0 Å². The largest absolute Gasteiger partial charge is 0.502 e. The number of hydrogen-bond donors (Lipinski definition) is 5. The van der Waals surface area contributed by atoms with Gasteiger partial charge < -0.3 is 35.8 Å². The summed E-state index contributed by atoms with van der Waals surface area (Å²) in [5.41, 5.74) is 5.18. The van der Waals surface area contributed by atoms with Crippen molar-refractivity contribution in [2.24, 2.45) is 5.73 Å². The molecule has 14 heavy (non-hydrogen) atoms. The number of ether oxygens (including phenoxy) is 1. The van der Waals surface area contributed by atoms with Gasteiger partial charge in [0.15, 0.2) is 12.5 Å². The molecule has 0 aliphatic carbocycles. The van der Waals surface area contributed by atoms with Crippen molar-refractivity contribution in [1.82, 2.24) is 4.90 Å². The number of aliphatic hydroxyl groups is 4. The number of nitrogens with zero attached hydrogens (tertiary/aromatic N) is 1. The zero-order chi connectivity index (χ0) is 10.9. The number of aliphatic hydroxyl groups excluding tert-OH is 4. The van der Waals surface area contributed by atoms with Crippen molar-refractivity contribution in [1.29, 1.82) is 0 Å². The van der Waals surface area contributed by atoms with E-state index in [4.69, 9.17) is 10.8 Å². The Labute approximate surface area is 80.6 Å². The first kappa shape index (κ1) is 11.2. The summed E-state index contributed by atoms with van der Waals surface area (Å²) in [5.74, 6) is 0. The third-order valence-electron chi connectivity index (χ3n) is 2.00. The summed E-state index contributed by atoms with van der Waals surface area (Å²) in [6, 6.07) is 0. The minimum Gasteiger partial charge on any atom is -0.502 e. The zero-order valence-corrected chi connectivity index (χ0v) is 7.61. The van der Waals surface area contributed by atoms with Gasteiger partial charge in [-0.2, -0.15) is 0 Å². The molecule has 0 aromatic carbocycles. The first-order valence-corrected chi connectivity index (χ1v) is 3.99. The molecule has 1 aliphatic rings. The average Bonchev–Trinajstić information content (AvgIpc) is 2.16. The van der Waals surface area contributed by atoms with E-state index in [9.17, 15) is 15.3 Å². The molecule has 1 saturated heterocycles. The lowest BCUT2D eigenvalue weighted by atomic mass is 10.0. The summed E-state index contributed by atoms with van der Waals surface area (Å²) in [4.78, 5) is 0.957. The normalized spacial score (nSPS) is 33.9. The molecule has 0 aromatic heterocycles. The van der Waals surface area contributed by atoms with Gasteiger partial charge in [0, 0.05) is 0 Å². The molecular formula is C7H14N2O5. The van der Waals surface area contributed by atoms with Crippen molar-refractivity contribution in [2.45, 2.75) is 24.8 Å². The molecule has 7 heteroatoms. The van der Waals surface area contributed by atoms with Crippen LogP contribution in [0.3, 0.4) is 0 Å². The summed E-state index contributed by atoms with van der Waals surface area (Å²) in [5, 5.41) is 36.7. The Bertz CT molecular complexity index is 232. The molecule has 6 N–H and O–H groups in total. The summed E-state index contributed by atoms with van der Waals surface area (Å²) < 4.78 is 4.62. The topological polar surface area (TPSA) is 119 Å². The third kappa shape index (κ3) is 1.68. The molecule has 82 valence electrons. The van der Waals surface area contributed by atoms with E-state index in [1.54, 1.807) is 0 Å². The molecule has 7 nitrogen and oxygen atoms in total. The van der Waals surface area contributed by atoms with Crippen LogP contribution < -0.4 is 5.73 Å². The molecule has 1 fully saturated rings. The molecule has 4 atom stereocenters. The minimum absolute atomic E-state index is 0.164. The van der Waals surface area contributed by atoms with Crippen molar-refractivity contribution in [3.63, 3.8) is 0 Å². The van der Waals surface area contributed by atoms with Crippen molar-refractivity contribution in [3.8, 4) is 0 Å². The Balaban J connectivity index is 2.73. The molecule has 0 spiro atoms. The highest BCUT2D eigenvalue weighted by Gasteiger charge is 2.46. The van der Waals surface area contributed by atoms with E-state index in [0.717, 1.165) is 11.2 Å². The summed E-state index contributed by atoms with van der Waals surface area (Å²) in [6.45, 7) is 0. The summed E-state index contributed by atoms with van der Waals surface area (Å²) in [6.07, 6.45) is -4.27. The third-order valence-corrected chi connectivity index (χ3v) is 2.00. The second-order valence-corrected chi connectivity index (χ2v) is 2.95. The molecule has 0 saturated carbocycles. The molecule has 0 bridgehead atoms. The number of methoxy groups -OCH3 is 1. The first-order valence-electron chi connectivity index (χ1n) is 3.99. The molecular weight excluding hydrogens is 192 g/mol. The highest BCUT2D eigenvalue weighted by atomic mass is 16.5. The predicted octanol–water partition coefficient (Wildman–Crippen LogP) is -2.94. The maximum absolute atomic E-state index is 9.31. The van der Waals surface area contributed by atoms with Crippen LogP contribution in [0.25, 0.3) is 0 Å². The Kier molecular flexibility index (Phi) is 3.29. The van der Waals surface area contributed by atoms with Crippen LogP contribution >= 0.6 is 0 Å². The molecule has 1 aliphatic heterocycles. The van der Waals surface area contributed by atoms with Crippen LogP contribution in [0.5, 0.6) is 0 Å². The van der Waals surface area contributed by atoms with Gasteiger partial charge in [-0.3, -0.25) is 0 Å². The van der Waals surface area contributed by atoms with Gasteiger partial charge >= 0.3 is 0 Å². The lowest BCUT2D eigenvalue weighted by Gasteiger charge is -2.48. The van der Waals surface area contributed by atoms with Gasteiger partial charge in [-0.1, -0.05) is 0 Å². The van der Waals surface area contributed by atoms with Gasteiger partial charge in [-0.05, 0) is 0 Å². The average molecular weight is 206 g/mol. The van der Waals surface area contributed by atoms with Crippen molar-refractivity contribution < 1.29 is 25.2 Å². The predicted molar refractivity (Wildman–Crippen MR) is 45.1 cm³/mol. The Hall–Kier alpha value is -0.860. The smallest absolute Gasteiger partial charge is 0.168 e. The molecule has 1 heterocycles. The van der Waals surface area contributed by atoms with Crippen LogP contribution in [-0.4, -0.2) is 57.2 Å². The van der Waals surface area contributed by atoms with Gasteiger partial charge in [0.25, 0.3) is 0 Å². The van der Waals surface area contributed by atoms with Crippen molar-refractivity contribution in [3.05, 3.63) is 12.0 Å². The maximum atomic E-state index is 9.31. The second-order valence-electron chi connectivity index (χ2n) is 2.95. The number of likely N-dealkylation sites (tertiary alicyclic amines) is 1. The van der Waals surface area contributed by atoms with E-state index in [1.807, 2.05) is 0 Å². The highest BCUT2D eigenvalue weighted by Crippen LogP contribution is 2.30. The van der Waals surface area contributed by atoms with Crippen molar-refractivity contribution >= 4 is 0 Å². The fourth-order valence-electron chi connectivity index (χ4n) is 1.25. The Morgan fingerprint density at radius 1 is 1.50 bits per heavy atom. The van der Waals surface area contributed by atoms with E-state index in [0.29, 0.717) is 0 Å². The van der Waals surface area contributed by atoms with Crippen LogP contribution in [0.15, 0.2) is 12.0 Å². The second kappa shape index (κ2) is 4.11. The molecule has 0 aromatic rings. The fourth-order valence-corrected chi connectivity index (χ4v) is 1.25. The monoisotopic (exact) mass is 206 g/mol. The standard InChI is InChI=1S/C7H14N2O5/c1-14-2-3-4(10)6(12)9(3)7(13)5(8)11/h2,4-7,10-13H,8H2,1H3/b3-2+. The summed E-state index contributed by atoms with van der Waals surface area (Å²) in [7, 11) is 1.36. The van der Waals surface area contributed by atoms with Crippen LogP contribution in [0, 0.1) is 0 Å². The maximum Gasteiger partial charge on any atom is 0.168 e. The highest BCUT2D eigenvalue weighted by molar-refractivity contribution is 5.18. The van der Waals surface area contributed by atoms with Crippen LogP contribution in [0.1, 0.15) is 0 Å². The lowest BCUT2D eigenvalue weighted by molar-refractivity contribution is -0.212. The van der Waals surface area contributed by atoms with Crippen LogP contribution in [-0.2, 0) is 4.74 Å². The Morgan fingerprint density at radius 3 is 2.50 bits per heavy atom. The number of rotatable bonds is 3. The lowest BCUT2D eigenvalue weighted by Crippen LogP contribution is -2.65. The number of hydrogen-bond acceptors (Lipinski definition) is 7. The molecule has 0 amide bonds. The minimum atomic E-state index is -1.53. The molecule has 1 rings (SSSR count). The SMILES string of the molecule is CO/C=C1\C(O)C(O)N1C(O)C(N)O. The van der Waals surface area contributed by atoms with E-state index >= 15 is 0 Å². The van der Waals surface area contributed by atoms with E-state index < -0.39 is 24.8 Å². The van der Waals surface area contributed by atoms with E-state index in [2.05, 4.69) is 4.74 Å². The van der Waals surface area contributed by atoms with Gasteiger partial charge in [0.1, 0.15) is 18.6 Å². The van der Waals surface area contributed by atoms with E-state index in [-0.39, 0.29) is 5.70 Å². The van der Waals surface area contributed by atoms with E-state index in [1.165, 1.54) is 7.11 Å². The summed E-state index contributed by atoms with van der Waals surface area (Å²) >= 11 is 0. The van der Waals surface area contributed by atoms with Gasteiger partial charge in [-0.25, -0.2) is 0 Å². The first-order chi connectivity index (χ1) is 6.50. The van der Waals surface area contributed by atoms with Gasteiger partial charge in [0.2, 0.25) is 0 Å². The number of nitrogens with two attached hydrogens (primary N) is 1. The molecule has 0 radical (unpaired) electrons.